The van der Waals surface area contributed by atoms with Crippen molar-refractivity contribution in [2.24, 2.45) is 5.73 Å². The molecule has 0 aromatic carbocycles. The van der Waals surface area contributed by atoms with Crippen LogP contribution in [0.2, 0.25) is 0 Å². The molecule has 6 heteroatoms. The van der Waals surface area contributed by atoms with Gasteiger partial charge in [-0.25, -0.2) is 4.98 Å². The number of hydrogen-bond donors (Lipinski definition) is 1. The van der Waals surface area contributed by atoms with Crippen LogP contribution in [0.5, 0.6) is 5.88 Å². The van der Waals surface area contributed by atoms with Crippen molar-refractivity contribution >= 4 is 18.4 Å². The smallest absolute Gasteiger partial charge is 0.327 e. The quantitative estimate of drug-likeness (QED) is 0.776. The maximum atomic E-state index is 11.1. The third-order valence-corrected chi connectivity index (χ3v) is 1.78. The molecule has 5 nitrogen and oxygen atoms in total. The molecule has 1 heterocycles. The predicted molar refractivity (Wildman–Crippen MR) is 57.0 cm³/mol. The van der Waals surface area contributed by atoms with Gasteiger partial charge in [-0.15, -0.1) is 12.4 Å². The molecule has 0 spiro atoms. The molecule has 0 bridgehead atoms. The van der Waals surface area contributed by atoms with E-state index in [0.717, 1.165) is 0 Å². The average Bonchev–Trinajstić information content (AvgIpc) is 2.27. The lowest BCUT2D eigenvalue weighted by Crippen LogP contribution is -2.22. The zero-order valence-corrected chi connectivity index (χ0v) is 9.28. The molecular formula is C9H13ClN2O3. The molecule has 0 fully saturated rings. The van der Waals surface area contributed by atoms with E-state index in [1.54, 1.807) is 12.1 Å². The largest absolute Gasteiger partial charge is 0.481 e. The van der Waals surface area contributed by atoms with Crippen molar-refractivity contribution in [1.82, 2.24) is 4.98 Å². The normalized spacial score (nSPS) is 11.1. The molecule has 84 valence electrons. The van der Waals surface area contributed by atoms with Gasteiger partial charge in [0, 0.05) is 12.3 Å². The summed E-state index contributed by atoms with van der Waals surface area (Å²) in [4.78, 5) is 15.0. The van der Waals surface area contributed by atoms with Crippen LogP contribution in [-0.2, 0) is 9.53 Å². The molecule has 1 rings (SSSR count). The summed E-state index contributed by atoms with van der Waals surface area (Å²) >= 11 is 0. The minimum Gasteiger partial charge on any atom is -0.481 e. The van der Waals surface area contributed by atoms with Crippen LogP contribution < -0.4 is 10.5 Å². The second-order valence-corrected chi connectivity index (χ2v) is 2.63. The minimum atomic E-state index is -0.793. The standard InChI is InChI=1S/C9H12N2O3.ClH/c1-13-7-4-3-6(5-11-7)8(10)9(12)14-2;/h3-5,8H,10H2,1-2H3;1H/t8-;/m0./s1. The minimum absolute atomic E-state index is 0. The Kier molecular flexibility index (Phi) is 5.66. The van der Waals surface area contributed by atoms with Crippen molar-refractivity contribution in [3.05, 3.63) is 23.9 Å². The van der Waals surface area contributed by atoms with Gasteiger partial charge in [-0.05, 0) is 11.6 Å². The molecule has 1 aromatic heterocycles. The van der Waals surface area contributed by atoms with Gasteiger partial charge in [0.2, 0.25) is 5.88 Å². The Morgan fingerprint density at radius 1 is 1.47 bits per heavy atom. The van der Waals surface area contributed by atoms with E-state index in [-0.39, 0.29) is 12.4 Å². The number of methoxy groups -OCH3 is 2. The fourth-order valence-corrected chi connectivity index (χ4v) is 0.960. The SMILES string of the molecule is COC(=O)[C@@H](N)c1ccc(OC)nc1.Cl. The molecule has 0 unspecified atom stereocenters. The van der Waals surface area contributed by atoms with Crippen molar-refractivity contribution in [2.75, 3.05) is 14.2 Å². The summed E-state index contributed by atoms with van der Waals surface area (Å²) in [6.45, 7) is 0. The van der Waals surface area contributed by atoms with Crippen LogP contribution in [-0.4, -0.2) is 25.2 Å². The Morgan fingerprint density at radius 2 is 2.13 bits per heavy atom. The van der Waals surface area contributed by atoms with E-state index >= 15 is 0 Å². The van der Waals surface area contributed by atoms with Crippen molar-refractivity contribution in [2.45, 2.75) is 6.04 Å². The monoisotopic (exact) mass is 232 g/mol. The van der Waals surface area contributed by atoms with Crippen LogP contribution in [0, 0.1) is 0 Å². The summed E-state index contributed by atoms with van der Waals surface area (Å²) < 4.78 is 9.37. The lowest BCUT2D eigenvalue weighted by atomic mass is 10.1. The number of nitrogens with zero attached hydrogens (tertiary/aromatic N) is 1. The maximum Gasteiger partial charge on any atom is 0.327 e. The number of ether oxygens (including phenoxy) is 2. The molecule has 0 saturated carbocycles. The number of nitrogens with two attached hydrogens (primary N) is 1. The van der Waals surface area contributed by atoms with Crippen molar-refractivity contribution < 1.29 is 14.3 Å². The topological polar surface area (TPSA) is 74.4 Å². The fourth-order valence-electron chi connectivity index (χ4n) is 0.960. The second kappa shape index (κ2) is 6.21. The highest BCUT2D eigenvalue weighted by Gasteiger charge is 2.16. The van der Waals surface area contributed by atoms with Gasteiger partial charge in [-0.3, -0.25) is 4.79 Å². The molecule has 2 N–H and O–H groups in total. The number of pyridine rings is 1. The van der Waals surface area contributed by atoms with E-state index in [4.69, 9.17) is 10.5 Å². The summed E-state index contributed by atoms with van der Waals surface area (Å²) in [5.74, 6) is -0.0113. The lowest BCUT2D eigenvalue weighted by molar-refractivity contribution is -0.142. The third kappa shape index (κ3) is 3.38. The molecule has 15 heavy (non-hydrogen) atoms. The van der Waals surface area contributed by atoms with Crippen LogP contribution in [0.3, 0.4) is 0 Å². The number of esters is 1. The molecular weight excluding hydrogens is 220 g/mol. The van der Waals surface area contributed by atoms with E-state index in [9.17, 15) is 4.79 Å². The first-order valence-electron chi connectivity index (χ1n) is 4.02. The first-order valence-corrected chi connectivity index (χ1v) is 4.02. The summed E-state index contributed by atoms with van der Waals surface area (Å²) in [6, 6.07) is 2.52. The number of halogens is 1. The molecule has 0 aliphatic heterocycles. The van der Waals surface area contributed by atoms with Crippen LogP contribution in [0.1, 0.15) is 11.6 Å². The first kappa shape index (κ1) is 13.7. The van der Waals surface area contributed by atoms with Gasteiger partial charge < -0.3 is 15.2 Å². The molecule has 1 aromatic rings. The Hall–Kier alpha value is -1.33. The number of rotatable bonds is 3. The van der Waals surface area contributed by atoms with Crippen LogP contribution >= 0.6 is 12.4 Å². The lowest BCUT2D eigenvalue weighted by Gasteiger charge is -2.08. The Labute approximate surface area is 94.0 Å². The van der Waals surface area contributed by atoms with E-state index in [1.807, 2.05) is 0 Å². The van der Waals surface area contributed by atoms with Gasteiger partial charge in [0.15, 0.2) is 0 Å². The average molecular weight is 233 g/mol. The summed E-state index contributed by atoms with van der Waals surface area (Å²) in [5, 5.41) is 0. The Morgan fingerprint density at radius 3 is 2.53 bits per heavy atom. The van der Waals surface area contributed by atoms with Gasteiger partial charge >= 0.3 is 5.97 Å². The molecule has 0 amide bonds. The molecule has 0 aliphatic rings. The van der Waals surface area contributed by atoms with Crippen molar-refractivity contribution in [3.63, 3.8) is 0 Å². The number of carbonyl (C=O) groups is 1. The fraction of sp³-hybridized carbons (Fsp3) is 0.333. The first-order chi connectivity index (χ1) is 6.69. The van der Waals surface area contributed by atoms with Gasteiger partial charge in [-0.2, -0.15) is 0 Å². The Balaban J connectivity index is 0.00000196. The van der Waals surface area contributed by atoms with Crippen LogP contribution in [0.4, 0.5) is 0 Å². The highest BCUT2D eigenvalue weighted by Crippen LogP contribution is 2.13. The Bertz CT molecular complexity index is 316. The highest BCUT2D eigenvalue weighted by atomic mass is 35.5. The van der Waals surface area contributed by atoms with Gasteiger partial charge in [0.25, 0.3) is 0 Å². The van der Waals surface area contributed by atoms with Crippen LogP contribution in [0.25, 0.3) is 0 Å². The van der Waals surface area contributed by atoms with Gasteiger partial charge in [0.05, 0.1) is 14.2 Å². The summed E-state index contributed by atoms with van der Waals surface area (Å²) in [5.41, 5.74) is 6.18. The zero-order chi connectivity index (χ0) is 10.6. The van der Waals surface area contributed by atoms with Gasteiger partial charge in [0.1, 0.15) is 6.04 Å². The highest BCUT2D eigenvalue weighted by molar-refractivity contribution is 5.85. The molecule has 0 aliphatic carbocycles. The number of aromatic nitrogens is 1. The second-order valence-electron chi connectivity index (χ2n) is 2.63. The van der Waals surface area contributed by atoms with Crippen molar-refractivity contribution in [1.29, 1.82) is 0 Å². The van der Waals surface area contributed by atoms with E-state index in [0.29, 0.717) is 11.4 Å². The number of hydrogen-bond acceptors (Lipinski definition) is 5. The third-order valence-electron chi connectivity index (χ3n) is 1.78. The van der Waals surface area contributed by atoms with E-state index in [2.05, 4.69) is 9.72 Å². The zero-order valence-electron chi connectivity index (χ0n) is 8.47. The number of carbonyl (C=O) groups excluding carboxylic acids is 1. The predicted octanol–water partition coefficient (Wildman–Crippen LogP) is 0.685. The van der Waals surface area contributed by atoms with Crippen molar-refractivity contribution in [3.8, 4) is 5.88 Å². The molecule has 1 atom stereocenters. The van der Waals surface area contributed by atoms with Crippen LogP contribution in [0.15, 0.2) is 18.3 Å². The van der Waals surface area contributed by atoms with Gasteiger partial charge in [-0.1, -0.05) is 0 Å². The summed E-state index contributed by atoms with van der Waals surface area (Å²) in [6.07, 6.45) is 1.49. The van der Waals surface area contributed by atoms with E-state index < -0.39 is 12.0 Å². The summed E-state index contributed by atoms with van der Waals surface area (Å²) in [7, 11) is 2.81. The molecule has 0 saturated heterocycles. The van der Waals surface area contributed by atoms with E-state index in [1.165, 1.54) is 20.4 Å². The maximum absolute atomic E-state index is 11.1. The molecule has 0 radical (unpaired) electrons.